The van der Waals surface area contributed by atoms with Crippen molar-refractivity contribution < 1.29 is 28.6 Å². The zero-order valence-corrected chi connectivity index (χ0v) is 50.3. The average Bonchev–Trinajstić information content (AvgIpc) is 3.41. The van der Waals surface area contributed by atoms with Gasteiger partial charge in [0.1, 0.15) is 13.2 Å². The Hall–Kier alpha value is -2.63. The minimum Gasteiger partial charge on any atom is -0.462 e. The Balaban J connectivity index is 4.27. The summed E-state index contributed by atoms with van der Waals surface area (Å²) >= 11 is 0. The number of rotatable bonds is 61. The van der Waals surface area contributed by atoms with Crippen LogP contribution in [0.25, 0.3) is 0 Å². The predicted octanol–water partition coefficient (Wildman–Crippen LogP) is 22.6. The standard InChI is InChI=1S/C69H126O6/c1-4-7-10-13-16-19-22-25-28-30-31-32-33-34-35-36-37-39-41-44-47-50-53-56-59-62-68(71)74-65-66(64-73-67(70)61-58-55-52-49-46-43-40-27-24-21-18-15-12-9-6-3)75-69(72)63-60-57-54-51-48-45-42-38-29-26-23-20-17-14-11-8-5-2/h8,11,17,20,26,29-31,66H,4-7,9-10,12-16,18-19,21-25,27-28,32-65H2,1-3H3/b11-8-,20-17-,29-26-,31-30-. The molecule has 0 aromatic heterocycles. The van der Waals surface area contributed by atoms with Crippen molar-refractivity contribution in [1.82, 2.24) is 0 Å². The van der Waals surface area contributed by atoms with Gasteiger partial charge in [-0.2, -0.15) is 0 Å². The largest absolute Gasteiger partial charge is 0.462 e. The van der Waals surface area contributed by atoms with E-state index < -0.39 is 6.10 Å². The molecule has 0 aromatic carbocycles. The summed E-state index contributed by atoms with van der Waals surface area (Å²) in [4.78, 5) is 38.3. The van der Waals surface area contributed by atoms with Crippen molar-refractivity contribution in [1.29, 1.82) is 0 Å². The summed E-state index contributed by atoms with van der Waals surface area (Å²) in [6, 6.07) is 0. The second-order valence-electron chi connectivity index (χ2n) is 22.4. The predicted molar refractivity (Wildman–Crippen MR) is 325 cm³/mol. The van der Waals surface area contributed by atoms with Gasteiger partial charge in [-0.25, -0.2) is 0 Å². The summed E-state index contributed by atoms with van der Waals surface area (Å²) in [5.74, 6) is -0.860. The van der Waals surface area contributed by atoms with E-state index in [2.05, 4.69) is 69.4 Å². The zero-order valence-electron chi connectivity index (χ0n) is 50.3. The van der Waals surface area contributed by atoms with Gasteiger partial charge in [0, 0.05) is 19.3 Å². The quantitative estimate of drug-likeness (QED) is 0.0261. The highest BCUT2D eigenvalue weighted by Crippen LogP contribution is 2.18. The van der Waals surface area contributed by atoms with Crippen LogP contribution in [0.15, 0.2) is 48.6 Å². The summed E-state index contributed by atoms with van der Waals surface area (Å²) < 4.78 is 17.0. The van der Waals surface area contributed by atoms with Gasteiger partial charge in [0.05, 0.1) is 0 Å². The normalized spacial score (nSPS) is 12.3. The Labute approximate surface area is 467 Å². The second-order valence-corrected chi connectivity index (χ2v) is 22.4. The molecule has 0 aliphatic rings. The molecule has 0 radical (unpaired) electrons. The lowest BCUT2D eigenvalue weighted by Gasteiger charge is -2.18. The Bertz CT molecular complexity index is 1300. The molecule has 0 aliphatic carbocycles. The maximum atomic E-state index is 12.9. The van der Waals surface area contributed by atoms with Crippen molar-refractivity contribution in [2.45, 2.75) is 361 Å². The molecule has 6 nitrogen and oxygen atoms in total. The van der Waals surface area contributed by atoms with Crippen LogP contribution in [0.2, 0.25) is 0 Å². The van der Waals surface area contributed by atoms with Crippen LogP contribution in [0.5, 0.6) is 0 Å². The van der Waals surface area contributed by atoms with Crippen LogP contribution in [0.1, 0.15) is 355 Å². The van der Waals surface area contributed by atoms with Gasteiger partial charge in [-0.1, -0.05) is 307 Å². The maximum Gasteiger partial charge on any atom is 0.306 e. The van der Waals surface area contributed by atoms with Gasteiger partial charge in [-0.05, 0) is 77.0 Å². The molecule has 6 heteroatoms. The van der Waals surface area contributed by atoms with Crippen LogP contribution >= 0.6 is 0 Å². The third kappa shape index (κ3) is 62.1. The molecule has 0 fully saturated rings. The minimum absolute atomic E-state index is 0.0730. The van der Waals surface area contributed by atoms with E-state index in [-0.39, 0.29) is 31.1 Å². The van der Waals surface area contributed by atoms with Crippen molar-refractivity contribution >= 4 is 17.9 Å². The zero-order chi connectivity index (χ0) is 54.3. The van der Waals surface area contributed by atoms with Crippen molar-refractivity contribution in [3.63, 3.8) is 0 Å². The molecule has 1 atom stereocenters. The van der Waals surface area contributed by atoms with Gasteiger partial charge < -0.3 is 14.2 Å². The first-order valence-corrected chi connectivity index (χ1v) is 33.1. The monoisotopic (exact) mass is 1050 g/mol. The van der Waals surface area contributed by atoms with Gasteiger partial charge in [0.2, 0.25) is 0 Å². The van der Waals surface area contributed by atoms with E-state index >= 15 is 0 Å². The van der Waals surface area contributed by atoms with Gasteiger partial charge in [0.25, 0.3) is 0 Å². The van der Waals surface area contributed by atoms with Crippen molar-refractivity contribution in [2.75, 3.05) is 13.2 Å². The lowest BCUT2D eigenvalue weighted by Crippen LogP contribution is -2.30. The molecule has 0 bridgehead atoms. The molecule has 0 saturated carbocycles. The highest BCUT2D eigenvalue weighted by atomic mass is 16.6. The van der Waals surface area contributed by atoms with Crippen LogP contribution in [0.3, 0.4) is 0 Å². The highest BCUT2D eigenvalue weighted by Gasteiger charge is 2.19. The number of hydrogen-bond donors (Lipinski definition) is 0. The molecular weight excluding hydrogens is 925 g/mol. The highest BCUT2D eigenvalue weighted by molar-refractivity contribution is 5.71. The molecule has 438 valence electrons. The molecule has 0 heterocycles. The van der Waals surface area contributed by atoms with Crippen molar-refractivity contribution in [3.05, 3.63) is 48.6 Å². The van der Waals surface area contributed by atoms with Crippen molar-refractivity contribution in [2.24, 2.45) is 0 Å². The van der Waals surface area contributed by atoms with Crippen LogP contribution in [-0.4, -0.2) is 37.2 Å². The molecule has 0 saturated heterocycles. The van der Waals surface area contributed by atoms with Gasteiger partial charge in [0.15, 0.2) is 6.10 Å². The lowest BCUT2D eigenvalue weighted by molar-refractivity contribution is -0.167. The number of hydrogen-bond acceptors (Lipinski definition) is 6. The smallest absolute Gasteiger partial charge is 0.306 e. The number of carbonyl (C=O) groups excluding carboxylic acids is 3. The third-order valence-electron chi connectivity index (χ3n) is 14.8. The summed E-state index contributed by atoms with van der Waals surface area (Å²) in [7, 11) is 0. The second kappa shape index (κ2) is 63.9. The lowest BCUT2D eigenvalue weighted by atomic mass is 10.0. The minimum atomic E-state index is -0.777. The molecular formula is C69H126O6. The maximum absolute atomic E-state index is 12.9. The third-order valence-corrected chi connectivity index (χ3v) is 14.8. The number of allylic oxidation sites excluding steroid dienone is 8. The first-order chi connectivity index (χ1) is 37.0. The molecule has 0 amide bonds. The molecule has 0 aliphatic heterocycles. The van der Waals surface area contributed by atoms with E-state index in [1.807, 2.05) is 0 Å². The topological polar surface area (TPSA) is 78.9 Å². The number of esters is 3. The van der Waals surface area contributed by atoms with E-state index in [9.17, 15) is 14.4 Å². The van der Waals surface area contributed by atoms with Gasteiger partial charge in [-0.3, -0.25) is 14.4 Å². The summed E-state index contributed by atoms with van der Waals surface area (Å²) in [5, 5.41) is 0. The summed E-state index contributed by atoms with van der Waals surface area (Å²) in [6.45, 7) is 6.58. The fourth-order valence-electron chi connectivity index (χ4n) is 9.87. The Morgan fingerprint density at radius 2 is 0.520 bits per heavy atom. The van der Waals surface area contributed by atoms with E-state index in [1.54, 1.807) is 0 Å². The number of carbonyl (C=O) groups is 3. The SMILES string of the molecule is CC/C=C\C/C=C\C/C=C\CCCCCCCCCC(=O)OC(COC(=O)CCCCCCCCCCCCCCC/C=C\CCCCCCCCCC)COC(=O)CCCCCCCCCCCCCCCCC. The van der Waals surface area contributed by atoms with Crippen LogP contribution in [-0.2, 0) is 28.6 Å². The first-order valence-electron chi connectivity index (χ1n) is 33.1. The van der Waals surface area contributed by atoms with E-state index in [1.165, 1.54) is 231 Å². The van der Waals surface area contributed by atoms with E-state index in [4.69, 9.17) is 14.2 Å². The summed E-state index contributed by atoms with van der Waals surface area (Å²) in [6.07, 6.45) is 79.8. The molecule has 1 unspecified atom stereocenters. The molecule has 0 N–H and O–H groups in total. The van der Waals surface area contributed by atoms with Crippen molar-refractivity contribution in [3.8, 4) is 0 Å². The van der Waals surface area contributed by atoms with Gasteiger partial charge >= 0.3 is 17.9 Å². The fourth-order valence-corrected chi connectivity index (χ4v) is 9.87. The van der Waals surface area contributed by atoms with Gasteiger partial charge in [-0.15, -0.1) is 0 Å². The van der Waals surface area contributed by atoms with Crippen LogP contribution in [0, 0.1) is 0 Å². The molecule has 0 spiro atoms. The van der Waals surface area contributed by atoms with E-state index in [0.717, 1.165) is 83.5 Å². The first kappa shape index (κ1) is 72.4. The fraction of sp³-hybridized carbons (Fsp3) is 0.841. The van der Waals surface area contributed by atoms with Crippen LogP contribution in [0.4, 0.5) is 0 Å². The average molecular weight is 1050 g/mol. The Kier molecular flexibility index (Phi) is 61.7. The Morgan fingerprint density at radius 3 is 0.827 bits per heavy atom. The molecule has 75 heavy (non-hydrogen) atoms. The molecule has 0 rings (SSSR count). The van der Waals surface area contributed by atoms with Crippen LogP contribution < -0.4 is 0 Å². The summed E-state index contributed by atoms with van der Waals surface area (Å²) in [5.41, 5.74) is 0. The number of unbranched alkanes of at least 4 members (excludes halogenated alkanes) is 42. The Morgan fingerprint density at radius 1 is 0.280 bits per heavy atom. The van der Waals surface area contributed by atoms with E-state index in [0.29, 0.717) is 19.3 Å². The number of ether oxygens (including phenoxy) is 3. The molecule has 0 aromatic rings.